The van der Waals surface area contributed by atoms with Gasteiger partial charge in [-0.3, -0.25) is 0 Å². The number of hydrogen-bond acceptors (Lipinski definition) is 3. The maximum absolute atomic E-state index is 9.44. The summed E-state index contributed by atoms with van der Waals surface area (Å²) in [5, 5.41) is 13.8. The van der Waals surface area contributed by atoms with Gasteiger partial charge in [0.1, 0.15) is 0 Å². The highest BCUT2D eigenvalue weighted by molar-refractivity contribution is 7.07. The molecule has 2 rings (SSSR count). The second-order valence-electron chi connectivity index (χ2n) is 4.45. The van der Waals surface area contributed by atoms with Crippen LogP contribution < -0.4 is 0 Å². The van der Waals surface area contributed by atoms with Crippen LogP contribution in [0.25, 0.3) is 0 Å². The van der Waals surface area contributed by atoms with Crippen molar-refractivity contribution in [2.75, 3.05) is 13.1 Å². The van der Waals surface area contributed by atoms with E-state index in [-0.39, 0.29) is 6.10 Å². The van der Waals surface area contributed by atoms with Crippen LogP contribution in [0, 0.1) is 0 Å². The number of rotatable bonds is 3. The number of aliphatic hydroxyl groups excluding tert-OH is 1. The van der Waals surface area contributed by atoms with E-state index in [4.69, 9.17) is 0 Å². The second kappa shape index (κ2) is 5.10. The fraction of sp³-hybridized carbons (Fsp3) is 0.667. The molecule has 0 spiro atoms. The van der Waals surface area contributed by atoms with E-state index >= 15 is 0 Å². The molecule has 1 aromatic heterocycles. The van der Waals surface area contributed by atoms with Crippen LogP contribution in [0.1, 0.15) is 25.3 Å². The number of piperidine rings is 1. The molecule has 1 unspecified atom stereocenters. The normalized spacial score (nSPS) is 21.7. The van der Waals surface area contributed by atoms with Crippen LogP contribution in [0.4, 0.5) is 0 Å². The van der Waals surface area contributed by atoms with Crippen molar-refractivity contribution in [3.63, 3.8) is 0 Å². The molecule has 1 fully saturated rings. The van der Waals surface area contributed by atoms with Crippen molar-refractivity contribution in [3.8, 4) is 0 Å². The van der Waals surface area contributed by atoms with Gasteiger partial charge in [0.2, 0.25) is 0 Å². The second-order valence-corrected chi connectivity index (χ2v) is 5.23. The minimum atomic E-state index is -0.0606. The van der Waals surface area contributed by atoms with Gasteiger partial charge >= 0.3 is 0 Å². The van der Waals surface area contributed by atoms with Crippen LogP contribution >= 0.6 is 11.3 Å². The molecule has 0 aromatic carbocycles. The lowest BCUT2D eigenvalue weighted by atomic mass is 10.0. The summed E-state index contributed by atoms with van der Waals surface area (Å²) in [5.41, 5.74) is 1.44. The van der Waals surface area contributed by atoms with Crippen molar-refractivity contribution in [1.29, 1.82) is 0 Å². The molecule has 0 amide bonds. The number of nitrogens with zero attached hydrogens (tertiary/aromatic N) is 1. The zero-order valence-electron chi connectivity index (χ0n) is 9.22. The van der Waals surface area contributed by atoms with Crippen molar-refractivity contribution < 1.29 is 5.11 Å². The van der Waals surface area contributed by atoms with Gasteiger partial charge < -0.3 is 10.0 Å². The van der Waals surface area contributed by atoms with Crippen LogP contribution in [0.5, 0.6) is 0 Å². The molecule has 0 bridgehead atoms. The Morgan fingerprint density at radius 2 is 2.27 bits per heavy atom. The molecule has 84 valence electrons. The highest BCUT2D eigenvalue weighted by atomic mass is 32.1. The van der Waals surface area contributed by atoms with Gasteiger partial charge in [-0.1, -0.05) is 0 Å². The molecule has 2 heterocycles. The monoisotopic (exact) mass is 225 g/mol. The number of aliphatic hydroxyl groups is 1. The van der Waals surface area contributed by atoms with Gasteiger partial charge in [0, 0.05) is 19.1 Å². The molecule has 1 N–H and O–H groups in total. The molecule has 0 saturated carbocycles. The molecule has 1 aromatic rings. The highest BCUT2D eigenvalue weighted by Crippen LogP contribution is 2.17. The number of likely N-dealkylation sites (tertiary alicyclic amines) is 1. The number of hydrogen-bond donors (Lipinski definition) is 1. The van der Waals surface area contributed by atoms with Crippen LogP contribution in [0.15, 0.2) is 16.8 Å². The summed E-state index contributed by atoms with van der Waals surface area (Å²) in [7, 11) is 0. The zero-order valence-corrected chi connectivity index (χ0v) is 10.0. The van der Waals surface area contributed by atoms with Crippen LogP contribution in [-0.2, 0) is 6.42 Å². The average Bonchev–Trinajstić information content (AvgIpc) is 2.71. The van der Waals surface area contributed by atoms with Crippen LogP contribution in [0.2, 0.25) is 0 Å². The molecule has 1 atom stereocenters. The Kier molecular flexibility index (Phi) is 3.78. The fourth-order valence-electron chi connectivity index (χ4n) is 2.21. The molecule has 3 heteroatoms. The molecule has 1 aliphatic rings. The molecule has 0 aliphatic carbocycles. The van der Waals surface area contributed by atoms with E-state index in [2.05, 4.69) is 28.7 Å². The van der Waals surface area contributed by atoms with Gasteiger partial charge in [-0.05, 0) is 48.6 Å². The SMILES string of the molecule is CC(Cc1ccsc1)N1CCC(O)CC1. The first kappa shape index (κ1) is 11.1. The molecular weight excluding hydrogens is 206 g/mol. The Balaban J connectivity index is 1.83. The van der Waals surface area contributed by atoms with Gasteiger partial charge in [0.15, 0.2) is 0 Å². The van der Waals surface area contributed by atoms with Crippen molar-refractivity contribution >= 4 is 11.3 Å². The van der Waals surface area contributed by atoms with E-state index in [1.807, 2.05) is 0 Å². The maximum Gasteiger partial charge on any atom is 0.0564 e. The smallest absolute Gasteiger partial charge is 0.0564 e. The zero-order chi connectivity index (χ0) is 10.7. The average molecular weight is 225 g/mol. The van der Waals surface area contributed by atoms with Crippen molar-refractivity contribution in [1.82, 2.24) is 4.90 Å². The Morgan fingerprint density at radius 1 is 1.53 bits per heavy atom. The summed E-state index contributed by atoms with van der Waals surface area (Å²) in [4.78, 5) is 2.49. The van der Waals surface area contributed by atoms with Gasteiger partial charge in [-0.15, -0.1) is 0 Å². The van der Waals surface area contributed by atoms with Crippen LogP contribution in [-0.4, -0.2) is 35.2 Å². The quantitative estimate of drug-likeness (QED) is 0.852. The Bertz CT molecular complexity index is 278. The van der Waals surface area contributed by atoms with E-state index in [0.29, 0.717) is 6.04 Å². The Morgan fingerprint density at radius 3 is 2.87 bits per heavy atom. The lowest BCUT2D eigenvalue weighted by Crippen LogP contribution is -2.42. The molecule has 0 radical (unpaired) electrons. The predicted octanol–water partition coefficient (Wildman–Crippen LogP) is 2.14. The van der Waals surface area contributed by atoms with E-state index in [0.717, 1.165) is 32.4 Å². The third-order valence-electron chi connectivity index (χ3n) is 3.23. The summed E-state index contributed by atoms with van der Waals surface area (Å²) in [6, 6.07) is 2.81. The fourth-order valence-corrected chi connectivity index (χ4v) is 2.89. The maximum atomic E-state index is 9.44. The van der Waals surface area contributed by atoms with Gasteiger partial charge in [-0.25, -0.2) is 0 Å². The largest absolute Gasteiger partial charge is 0.393 e. The molecule has 1 aliphatic heterocycles. The summed E-state index contributed by atoms with van der Waals surface area (Å²) in [6.45, 7) is 4.38. The third-order valence-corrected chi connectivity index (χ3v) is 3.97. The Hall–Kier alpha value is -0.380. The first-order valence-corrected chi connectivity index (χ1v) is 6.63. The topological polar surface area (TPSA) is 23.5 Å². The minimum absolute atomic E-state index is 0.0606. The molecule has 15 heavy (non-hydrogen) atoms. The van der Waals surface area contributed by atoms with E-state index < -0.39 is 0 Å². The first-order valence-electron chi connectivity index (χ1n) is 5.69. The van der Waals surface area contributed by atoms with E-state index in [1.54, 1.807) is 11.3 Å². The van der Waals surface area contributed by atoms with E-state index in [1.165, 1.54) is 5.56 Å². The summed E-state index contributed by atoms with van der Waals surface area (Å²) in [6.07, 6.45) is 2.95. The Labute approximate surface area is 95.5 Å². The predicted molar refractivity (Wildman–Crippen MR) is 64.3 cm³/mol. The number of thiophene rings is 1. The van der Waals surface area contributed by atoms with Crippen molar-refractivity contribution in [3.05, 3.63) is 22.4 Å². The van der Waals surface area contributed by atoms with Gasteiger partial charge in [-0.2, -0.15) is 11.3 Å². The van der Waals surface area contributed by atoms with Gasteiger partial charge in [0.05, 0.1) is 6.10 Å². The molecular formula is C12H19NOS. The molecule has 1 saturated heterocycles. The highest BCUT2D eigenvalue weighted by Gasteiger charge is 2.21. The third kappa shape index (κ3) is 3.03. The first-order chi connectivity index (χ1) is 7.25. The van der Waals surface area contributed by atoms with Crippen LogP contribution in [0.3, 0.4) is 0 Å². The van der Waals surface area contributed by atoms with E-state index in [9.17, 15) is 5.11 Å². The minimum Gasteiger partial charge on any atom is -0.393 e. The van der Waals surface area contributed by atoms with Crippen molar-refractivity contribution in [2.45, 2.75) is 38.3 Å². The summed E-state index contributed by atoms with van der Waals surface area (Å²) >= 11 is 1.77. The summed E-state index contributed by atoms with van der Waals surface area (Å²) in [5.74, 6) is 0. The molecule has 2 nitrogen and oxygen atoms in total. The standard InChI is InChI=1S/C12H19NOS/c1-10(8-11-4-7-15-9-11)13-5-2-12(14)3-6-13/h4,7,9-10,12,14H,2-3,5-6,8H2,1H3. The lowest BCUT2D eigenvalue weighted by molar-refractivity contribution is 0.0648. The van der Waals surface area contributed by atoms with Gasteiger partial charge in [0.25, 0.3) is 0 Å². The summed E-state index contributed by atoms with van der Waals surface area (Å²) < 4.78 is 0. The van der Waals surface area contributed by atoms with Crippen molar-refractivity contribution in [2.24, 2.45) is 0 Å². The lowest BCUT2D eigenvalue weighted by Gasteiger charge is -2.34.